The summed E-state index contributed by atoms with van der Waals surface area (Å²) >= 11 is 0. The third-order valence-corrected chi connectivity index (χ3v) is 7.44. The number of aliphatic carboxylic acids is 1. The number of carbonyl (C=O) groups is 4. The molecule has 4 rings (SSSR count). The van der Waals surface area contributed by atoms with Crippen LogP contribution in [0.5, 0.6) is 0 Å². The molecule has 172 valence electrons. The van der Waals surface area contributed by atoms with E-state index in [1.54, 1.807) is 6.92 Å². The number of nitrogens with zero attached hydrogens (tertiary/aromatic N) is 2. The van der Waals surface area contributed by atoms with Crippen LogP contribution in [0.2, 0.25) is 0 Å². The molecule has 3 amide bonds. The number of amides is 3. The van der Waals surface area contributed by atoms with Crippen molar-refractivity contribution >= 4 is 29.4 Å². The Labute approximate surface area is 187 Å². The number of anilines is 1. The lowest BCUT2D eigenvalue weighted by atomic mass is 9.80. The van der Waals surface area contributed by atoms with E-state index in [-0.39, 0.29) is 29.6 Å². The third-order valence-electron chi connectivity index (χ3n) is 7.44. The van der Waals surface area contributed by atoms with E-state index in [9.17, 15) is 24.3 Å². The minimum Gasteiger partial charge on any atom is -0.481 e. The molecule has 1 aromatic carbocycles. The van der Waals surface area contributed by atoms with Crippen LogP contribution in [0.15, 0.2) is 24.3 Å². The van der Waals surface area contributed by atoms with Crippen LogP contribution >= 0.6 is 0 Å². The van der Waals surface area contributed by atoms with Crippen molar-refractivity contribution in [3.8, 4) is 0 Å². The highest BCUT2D eigenvalue weighted by Gasteiger charge is 2.39. The molecule has 3 heterocycles. The molecule has 3 aliphatic heterocycles. The zero-order valence-electron chi connectivity index (χ0n) is 18.5. The van der Waals surface area contributed by atoms with Gasteiger partial charge in [-0.25, -0.2) is 0 Å². The Morgan fingerprint density at radius 3 is 2.19 bits per heavy atom. The van der Waals surface area contributed by atoms with Gasteiger partial charge in [-0.1, -0.05) is 12.1 Å². The highest BCUT2D eigenvalue weighted by atomic mass is 16.4. The maximum absolute atomic E-state index is 12.9. The van der Waals surface area contributed by atoms with E-state index in [1.165, 1.54) is 0 Å². The van der Waals surface area contributed by atoms with Crippen molar-refractivity contribution in [3.63, 3.8) is 0 Å². The number of piperidine rings is 3. The Morgan fingerprint density at radius 1 is 1.00 bits per heavy atom. The molecule has 1 aromatic rings. The van der Waals surface area contributed by atoms with Crippen molar-refractivity contribution < 1.29 is 24.3 Å². The maximum atomic E-state index is 12.9. The van der Waals surface area contributed by atoms with Crippen LogP contribution in [-0.4, -0.2) is 59.9 Å². The highest BCUT2D eigenvalue weighted by molar-refractivity contribution is 6.00. The third kappa shape index (κ3) is 4.49. The molecule has 0 spiro atoms. The number of nitrogens with one attached hydrogen (secondary N) is 1. The van der Waals surface area contributed by atoms with Gasteiger partial charge in [0.1, 0.15) is 0 Å². The van der Waals surface area contributed by atoms with Gasteiger partial charge in [0.25, 0.3) is 0 Å². The molecule has 0 radical (unpaired) electrons. The van der Waals surface area contributed by atoms with Crippen LogP contribution < -0.4 is 10.2 Å². The number of hydrogen-bond acceptors (Lipinski definition) is 5. The van der Waals surface area contributed by atoms with Gasteiger partial charge in [-0.2, -0.15) is 0 Å². The van der Waals surface area contributed by atoms with Gasteiger partial charge in [0.2, 0.25) is 17.7 Å². The number of carboxylic acids is 1. The van der Waals surface area contributed by atoms with Gasteiger partial charge < -0.3 is 14.9 Å². The molecule has 3 aliphatic rings. The Bertz CT molecular complexity index is 897. The molecule has 1 unspecified atom stereocenters. The molecule has 0 bridgehead atoms. The number of carboxylic acid groups (broad SMARTS) is 1. The van der Waals surface area contributed by atoms with Crippen molar-refractivity contribution in [1.29, 1.82) is 0 Å². The average Bonchev–Trinajstić information content (AvgIpc) is 2.79. The van der Waals surface area contributed by atoms with Gasteiger partial charge in [0, 0.05) is 44.2 Å². The van der Waals surface area contributed by atoms with Gasteiger partial charge in [-0.3, -0.25) is 24.5 Å². The van der Waals surface area contributed by atoms with E-state index in [2.05, 4.69) is 10.2 Å². The van der Waals surface area contributed by atoms with Crippen molar-refractivity contribution in [2.45, 2.75) is 51.4 Å². The van der Waals surface area contributed by atoms with Crippen LogP contribution in [0.4, 0.5) is 5.69 Å². The summed E-state index contributed by atoms with van der Waals surface area (Å²) in [5.41, 5.74) is 1.27. The van der Waals surface area contributed by atoms with E-state index >= 15 is 0 Å². The summed E-state index contributed by atoms with van der Waals surface area (Å²) in [6, 6.07) is 7.94. The van der Waals surface area contributed by atoms with Gasteiger partial charge in [-0.05, 0) is 56.7 Å². The van der Waals surface area contributed by atoms with Crippen molar-refractivity contribution in [2.75, 3.05) is 31.1 Å². The van der Waals surface area contributed by atoms with Gasteiger partial charge in [0.05, 0.1) is 11.3 Å². The molecule has 8 heteroatoms. The zero-order chi connectivity index (χ0) is 22.9. The van der Waals surface area contributed by atoms with Crippen molar-refractivity contribution in [1.82, 2.24) is 10.2 Å². The number of likely N-dealkylation sites (tertiary alicyclic amines) is 1. The maximum Gasteiger partial charge on any atom is 0.309 e. The second-order valence-electron chi connectivity index (χ2n) is 9.55. The lowest BCUT2D eigenvalue weighted by Crippen LogP contribution is -2.48. The van der Waals surface area contributed by atoms with Gasteiger partial charge in [0.15, 0.2) is 0 Å². The summed E-state index contributed by atoms with van der Waals surface area (Å²) in [4.78, 5) is 51.9. The molecule has 32 heavy (non-hydrogen) atoms. The van der Waals surface area contributed by atoms with Crippen molar-refractivity contribution in [2.24, 2.45) is 11.3 Å². The van der Waals surface area contributed by atoms with E-state index in [4.69, 9.17) is 0 Å². The number of imide groups is 1. The van der Waals surface area contributed by atoms with Crippen LogP contribution in [0.1, 0.15) is 56.9 Å². The fourth-order valence-electron chi connectivity index (χ4n) is 5.01. The largest absolute Gasteiger partial charge is 0.481 e. The molecule has 0 aromatic heterocycles. The van der Waals surface area contributed by atoms with E-state index in [0.717, 1.165) is 37.2 Å². The molecular weight excluding hydrogens is 410 g/mol. The Hall–Kier alpha value is -2.90. The normalized spacial score (nSPS) is 24.2. The smallest absolute Gasteiger partial charge is 0.309 e. The fourth-order valence-corrected chi connectivity index (χ4v) is 5.01. The first-order valence-corrected chi connectivity index (χ1v) is 11.5. The summed E-state index contributed by atoms with van der Waals surface area (Å²) in [7, 11) is 0. The predicted octanol–water partition coefficient (Wildman–Crippen LogP) is 2.14. The van der Waals surface area contributed by atoms with E-state index in [1.807, 2.05) is 29.2 Å². The van der Waals surface area contributed by atoms with Gasteiger partial charge >= 0.3 is 5.97 Å². The lowest BCUT2D eigenvalue weighted by Gasteiger charge is -2.40. The SMILES string of the molecule is CC1(C(=O)O)CCN(C(=O)C2CCN(c3ccc(C4CCC(=O)NC4=O)cc3)CC2)CC1. The number of hydrogen-bond donors (Lipinski definition) is 2. The van der Waals surface area contributed by atoms with Crippen LogP contribution in [0, 0.1) is 11.3 Å². The second-order valence-corrected chi connectivity index (χ2v) is 9.55. The summed E-state index contributed by atoms with van der Waals surface area (Å²) < 4.78 is 0. The molecular formula is C24H31N3O5. The first-order chi connectivity index (χ1) is 15.3. The molecule has 3 saturated heterocycles. The van der Waals surface area contributed by atoms with E-state index in [0.29, 0.717) is 38.8 Å². The topological polar surface area (TPSA) is 107 Å². The summed E-state index contributed by atoms with van der Waals surface area (Å²) in [6.07, 6.45) is 3.48. The zero-order valence-corrected chi connectivity index (χ0v) is 18.5. The second kappa shape index (κ2) is 8.92. The Balaban J connectivity index is 1.29. The minimum absolute atomic E-state index is 0.0109. The monoisotopic (exact) mass is 441 g/mol. The fraction of sp³-hybridized carbons (Fsp3) is 0.583. The van der Waals surface area contributed by atoms with Gasteiger partial charge in [-0.15, -0.1) is 0 Å². The molecule has 8 nitrogen and oxygen atoms in total. The van der Waals surface area contributed by atoms with Crippen LogP contribution in [-0.2, 0) is 19.2 Å². The Kier molecular flexibility index (Phi) is 6.22. The molecule has 2 N–H and O–H groups in total. The standard InChI is InChI=1S/C24H31N3O5/c1-24(23(31)32)10-14-27(15-11-24)22(30)17-8-12-26(13-9-17)18-4-2-16(3-5-18)19-6-7-20(28)25-21(19)29/h2-5,17,19H,6-15H2,1H3,(H,31,32)(H,25,28,29). The highest BCUT2D eigenvalue weighted by Crippen LogP contribution is 2.33. The first kappa shape index (κ1) is 22.3. The Morgan fingerprint density at radius 2 is 1.62 bits per heavy atom. The van der Waals surface area contributed by atoms with Crippen LogP contribution in [0.3, 0.4) is 0 Å². The predicted molar refractivity (Wildman–Crippen MR) is 118 cm³/mol. The molecule has 3 fully saturated rings. The number of benzene rings is 1. The summed E-state index contributed by atoms with van der Waals surface area (Å²) in [6.45, 7) is 4.37. The van der Waals surface area contributed by atoms with E-state index < -0.39 is 11.4 Å². The molecule has 1 atom stereocenters. The molecule has 0 saturated carbocycles. The van der Waals surface area contributed by atoms with Crippen molar-refractivity contribution in [3.05, 3.63) is 29.8 Å². The number of rotatable bonds is 4. The summed E-state index contributed by atoms with van der Waals surface area (Å²) in [5, 5.41) is 11.8. The quantitative estimate of drug-likeness (QED) is 0.694. The first-order valence-electron chi connectivity index (χ1n) is 11.5. The summed E-state index contributed by atoms with van der Waals surface area (Å²) in [5.74, 6) is -1.34. The van der Waals surface area contributed by atoms with Crippen LogP contribution in [0.25, 0.3) is 0 Å². The number of carbonyl (C=O) groups excluding carboxylic acids is 3. The average molecular weight is 442 g/mol. The lowest BCUT2D eigenvalue weighted by molar-refractivity contribution is -0.154. The molecule has 0 aliphatic carbocycles. The minimum atomic E-state index is -0.776.